The number of hydrogen-bond donors (Lipinski definition) is 0. The summed E-state index contributed by atoms with van der Waals surface area (Å²) < 4.78 is 67.3. The third kappa shape index (κ3) is 12.2. The average molecular weight is 779 g/mol. The lowest BCUT2D eigenvalue weighted by molar-refractivity contribution is -0.939. The van der Waals surface area contributed by atoms with E-state index in [4.69, 9.17) is 0 Å². The third-order valence-electron chi connectivity index (χ3n) is 9.43. The first-order chi connectivity index (χ1) is 25.7. The molecule has 3 aliphatic heterocycles. The molecule has 0 N–H and O–H groups in total. The highest BCUT2D eigenvalue weighted by Crippen LogP contribution is 2.24. The Hall–Kier alpha value is -4.58. The lowest BCUT2D eigenvalue weighted by atomic mass is 10.1. The van der Waals surface area contributed by atoms with Crippen molar-refractivity contribution in [3.8, 4) is 0 Å². The largest absolute Gasteiger partial charge is 0.744 e. The Morgan fingerprint density at radius 1 is 0.815 bits per heavy atom. The Labute approximate surface area is 319 Å². The number of azo groups is 1. The van der Waals surface area contributed by atoms with Crippen LogP contribution in [0.5, 0.6) is 0 Å². The smallest absolute Gasteiger partial charge is 0.442 e. The Bertz CT molecular complexity index is 1960. The summed E-state index contributed by atoms with van der Waals surface area (Å²) in [4.78, 5) is 4.73. The molecule has 0 amide bonds. The maximum absolute atomic E-state index is 10.4. The first-order valence-electron chi connectivity index (χ1n) is 17.7. The van der Waals surface area contributed by atoms with Crippen LogP contribution in [-0.4, -0.2) is 104 Å². The molecule has 3 fully saturated rings. The number of piperazine rings is 3. The summed E-state index contributed by atoms with van der Waals surface area (Å²) in [5.74, 6) is 0.680. The van der Waals surface area contributed by atoms with Gasteiger partial charge in [0.2, 0.25) is 0 Å². The van der Waals surface area contributed by atoms with Crippen molar-refractivity contribution in [2.45, 2.75) is 43.7 Å². The second-order valence-electron chi connectivity index (χ2n) is 13.3. The maximum Gasteiger partial charge on any atom is 0.442 e. The van der Waals surface area contributed by atoms with E-state index in [0.29, 0.717) is 19.0 Å². The first-order valence-corrected chi connectivity index (χ1v) is 20.5. The maximum atomic E-state index is 10.4. The molecule has 0 atom stereocenters. The summed E-state index contributed by atoms with van der Waals surface area (Å²) >= 11 is 0. The molecule has 4 aromatic rings. The molecule has 0 spiro atoms. The standard InChI is InChI=1S/C24H36N8.2C7H8O3S/c1-4-11-30-21-25-31(12-5-2)24(30)27-26-22-7-9-23(10-8-22)29(6-3)16-20-32-17-13-28(14-18-32)15-19-32;2*1-6-2-4-7(5-3-6)11(8,9)10/h4-5,7-10,21H,1-2,6,11-20H2,3H3;2*2-5H,1H3,(H,8,9,10)/q+2;;/p-2. The molecule has 16 heteroatoms. The van der Waals surface area contributed by atoms with E-state index in [2.05, 4.69) is 57.3 Å². The molecule has 1 aromatic heterocycles. The van der Waals surface area contributed by atoms with Crippen molar-refractivity contribution in [2.24, 2.45) is 10.2 Å². The predicted molar refractivity (Wildman–Crippen MR) is 206 cm³/mol. The molecule has 2 bridgehead atoms. The van der Waals surface area contributed by atoms with Crippen LogP contribution in [0.25, 0.3) is 0 Å². The summed E-state index contributed by atoms with van der Waals surface area (Å²) in [6.45, 7) is 25.8. The van der Waals surface area contributed by atoms with Crippen LogP contribution in [0.4, 0.5) is 17.3 Å². The molecule has 54 heavy (non-hydrogen) atoms. The van der Waals surface area contributed by atoms with Crippen LogP contribution in [-0.2, 0) is 33.3 Å². The van der Waals surface area contributed by atoms with Gasteiger partial charge in [-0.1, -0.05) is 70.9 Å². The molecule has 290 valence electrons. The van der Waals surface area contributed by atoms with Crippen molar-refractivity contribution in [1.29, 1.82) is 0 Å². The highest BCUT2D eigenvalue weighted by atomic mass is 32.2. The van der Waals surface area contributed by atoms with E-state index in [9.17, 15) is 25.9 Å². The lowest BCUT2D eigenvalue weighted by Crippen LogP contribution is -2.68. The van der Waals surface area contributed by atoms with Gasteiger partial charge in [0.05, 0.1) is 49.1 Å². The minimum Gasteiger partial charge on any atom is -0.744 e. The Morgan fingerprint density at radius 2 is 1.33 bits per heavy atom. The van der Waals surface area contributed by atoms with Crippen LogP contribution in [0.1, 0.15) is 18.1 Å². The normalized spacial score (nSPS) is 17.9. The fourth-order valence-electron chi connectivity index (χ4n) is 6.12. The van der Waals surface area contributed by atoms with E-state index in [1.165, 1.54) is 80.2 Å². The number of fused-ring (bicyclic) bond motifs is 3. The van der Waals surface area contributed by atoms with Crippen molar-refractivity contribution in [1.82, 2.24) is 14.6 Å². The van der Waals surface area contributed by atoms with E-state index in [0.717, 1.165) is 29.9 Å². The van der Waals surface area contributed by atoms with Gasteiger partial charge in [0.15, 0.2) is 6.33 Å². The minimum atomic E-state index is -4.27. The second-order valence-corrected chi connectivity index (χ2v) is 16.0. The number of aromatic nitrogens is 3. The number of aryl methyl sites for hydroxylation is 2. The fourth-order valence-corrected chi connectivity index (χ4v) is 7.06. The van der Waals surface area contributed by atoms with Gasteiger partial charge in [-0.3, -0.25) is 4.90 Å². The van der Waals surface area contributed by atoms with Gasteiger partial charge in [-0.25, -0.2) is 21.4 Å². The van der Waals surface area contributed by atoms with Gasteiger partial charge in [0.1, 0.15) is 32.5 Å². The van der Waals surface area contributed by atoms with E-state index >= 15 is 0 Å². The number of likely N-dealkylation sites (N-methyl/N-ethyl adjacent to an activating group) is 1. The molecule has 0 radical (unpaired) electrons. The van der Waals surface area contributed by atoms with Crippen molar-refractivity contribution in [3.05, 3.63) is 116 Å². The number of nitrogens with zero attached hydrogens (tertiary/aromatic N) is 8. The fraction of sp³-hybridized carbons (Fsp3) is 0.368. The minimum absolute atomic E-state index is 0.178. The molecule has 7 rings (SSSR count). The van der Waals surface area contributed by atoms with E-state index in [1.54, 1.807) is 41.4 Å². The van der Waals surface area contributed by atoms with Crippen molar-refractivity contribution in [2.75, 3.05) is 63.8 Å². The average Bonchev–Trinajstić information content (AvgIpc) is 3.53. The van der Waals surface area contributed by atoms with Crippen LogP contribution in [0, 0.1) is 13.8 Å². The van der Waals surface area contributed by atoms with Gasteiger partial charge in [-0.15, -0.1) is 4.68 Å². The van der Waals surface area contributed by atoms with Crippen LogP contribution in [0.3, 0.4) is 0 Å². The molecule has 0 unspecified atom stereocenters. The molecular formula is C38H50N8O6S2. The molecule has 3 saturated heterocycles. The summed E-state index contributed by atoms with van der Waals surface area (Å²) in [5.41, 5.74) is 3.93. The zero-order valence-corrected chi connectivity index (χ0v) is 32.8. The Morgan fingerprint density at radius 3 is 1.78 bits per heavy atom. The molecule has 0 saturated carbocycles. The number of anilines is 1. The summed E-state index contributed by atoms with van der Waals surface area (Å²) in [6, 6.07) is 20.0. The SMILES string of the molecule is C=CCn1cn[n+](CC=C)c1N=Nc1ccc(N(CC)CC[N+]23CCN(CC2)CC3)cc1.Cc1ccc(S(=O)(=O)[O-])cc1.Cc1ccc(S(=O)(=O)[O-])cc1. The lowest BCUT2D eigenvalue weighted by Gasteiger charge is -2.51. The first kappa shape index (κ1) is 42.2. The zero-order chi connectivity index (χ0) is 39.4. The van der Waals surface area contributed by atoms with E-state index in [-0.39, 0.29) is 9.79 Å². The van der Waals surface area contributed by atoms with Gasteiger partial charge in [-0.05, 0) is 69.3 Å². The topological polar surface area (TPSA) is 167 Å². The monoisotopic (exact) mass is 778 g/mol. The number of quaternary nitrogens is 1. The molecule has 0 aliphatic carbocycles. The molecule has 3 aliphatic rings. The third-order valence-corrected chi connectivity index (χ3v) is 11.1. The van der Waals surface area contributed by atoms with Gasteiger partial charge >= 0.3 is 5.95 Å². The van der Waals surface area contributed by atoms with Gasteiger partial charge < -0.3 is 18.5 Å². The molecule has 14 nitrogen and oxygen atoms in total. The predicted octanol–water partition coefficient (Wildman–Crippen LogP) is 4.73. The summed E-state index contributed by atoms with van der Waals surface area (Å²) in [5, 5.41) is 13.3. The van der Waals surface area contributed by atoms with Crippen LogP contribution < -0.4 is 9.58 Å². The number of benzene rings is 3. The number of hydrogen-bond acceptors (Lipinski definition) is 11. The van der Waals surface area contributed by atoms with Crippen molar-refractivity contribution >= 4 is 37.6 Å². The van der Waals surface area contributed by atoms with E-state index < -0.39 is 20.2 Å². The highest BCUT2D eigenvalue weighted by Gasteiger charge is 2.38. The Balaban J connectivity index is 0.000000240. The molecule has 4 heterocycles. The van der Waals surface area contributed by atoms with Gasteiger partial charge in [-0.2, -0.15) is 0 Å². The molecular weight excluding hydrogens is 729 g/mol. The highest BCUT2D eigenvalue weighted by molar-refractivity contribution is 7.86. The zero-order valence-electron chi connectivity index (χ0n) is 31.2. The van der Waals surface area contributed by atoms with Crippen molar-refractivity contribution in [3.63, 3.8) is 0 Å². The van der Waals surface area contributed by atoms with Crippen LogP contribution in [0.15, 0.2) is 124 Å². The van der Waals surface area contributed by atoms with Crippen LogP contribution in [0.2, 0.25) is 0 Å². The molecule has 3 aromatic carbocycles. The summed E-state index contributed by atoms with van der Waals surface area (Å²) in [6.07, 6.45) is 5.37. The summed E-state index contributed by atoms with van der Waals surface area (Å²) in [7, 11) is -8.54. The Kier molecular flexibility index (Phi) is 14.9. The van der Waals surface area contributed by atoms with Crippen molar-refractivity contribution < 1.29 is 35.1 Å². The number of rotatable bonds is 13. The van der Waals surface area contributed by atoms with Gasteiger partial charge in [0.25, 0.3) is 0 Å². The van der Waals surface area contributed by atoms with Crippen LogP contribution >= 0.6 is 0 Å². The quantitative estimate of drug-likeness (QED) is 0.0613. The van der Waals surface area contributed by atoms with Gasteiger partial charge in [0, 0.05) is 37.0 Å². The second kappa shape index (κ2) is 19.1. The van der Waals surface area contributed by atoms with E-state index in [1.807, 2.05) is 36.6 Å². The number of allylic oxidation sites excluding steroid dienone is 2.